The van der Waals surface area contributed by atoms with Crippen LogP contribution in [0.2, 0.25) is 0 Å². The molecule has 1 aromatic heterocycles. The highest BCUT2D eigenvalue weighted by molar-refractivity contribution is 4.84. The lowest BCUT2D eigenvalue weighted by Crippen LogP contribution is -2.27. The summed E-state index contributed by atoms with van der Waals surface area (Å²) in [6, 6.07) is 0.557. The third-order valence-electron chi connectivity index (χ3n) is 2.46. The molecule has 1 unspecified atom stereocenters. The van der Waals surface area contributed by atoms with Crippen LogP contribution < -0.4 is 5.32 Å². The van der Waals surface area contributed by atoms with E-state index in [1.807, 2.05) is 4.68 Å². The van der Waals surface area contributed by atoms with E-state index < -0.39 is 0 Å². The molecule has 0 fully saturated rings. The predicted octanol–water partition coefficient (Wildman–Crippen LogP) is 1.97. The number of nitrogens with zero attached hydrogens (tertiary/aromatic N) is 3. The Bertz CT molecular complexity index is 269. The van der Waals surface area contributed by atoms with Gasteiger partial charge in [-0.05, 0) is 19.8 Å². The highest BCUT2D eigenvalue weighted by Gasteiger charge is 2.05. The first kappa shape index (κ1) is 12.2. The van der Waals surface area contributed by atoms with Gasteiger partial charge < -0.3 is 5.32 Å². The highest BCUT2D eigenvalue weighted by atomic mass is 15.3. The van der Waals surface area contributed by atoms with Crippen LogP contribution in [0.4, 0.5) is 0 Å². The van der Waals surface area contributed by atoms with E-state index in [0.29, 0.717) is 6.04 Å². The number of rotatable bonds is 7. The fourth-order valence-corrected chi connectivity index (χ4v) is 1.62. The molecule has 0 aliphatic heterocycles. The second-order valence-electron chi connectivity index (χ2n) is 3.97. The first-order valence-corrected chi connectivity index (χ1v) is 5.88. The summed E-state index contributed by atoms with van der Waals surface area (Å²) in [4.78, 5) is 4.26. The summed E-state index contributed by atoms with van der Waals surface area (Å²) in [5, 5.41) is 7.66. The molecule has 0 aromatic carbocycles. The van der Waals surface area contributed by atoms with Gasteiger partial charge in [-0.3, -0.25) is 0 Å². The van der Waals surface area contributed by atoms with Crippen molar-refractivity contribution in [3.05, 3.63) is 12.2 Å². The number of hydrogen-bond acceptors (Lipinski definition) is 3. The Kier molecular flexibility index (Phi) is 5.32. The molecule has 15 heavy (non-hydrogen) atoms. The second kappa shape index (κ2) is 6.56. The van der Waals surface area contributed by atoms with Gasteiger partial charge in [0.2, 0.25) is 0 Å². The van der Waals surface area contributed by atoms with Crippen molar-refractivity contribution in [2.24, 2.45) is 0 Å². The molecular formula is C11H22N4. The second-order valence-corrected chi connectivity index (χ2v) is 3.97. The van der Waals surface area contributed by atoms with Gasteiger partial charge in [0, 0.05) is 12.6 Å². The molecular weight excluding hydrogens is 188 g/mol. The SMILES string of the molecule is CCCC(C)NCc1ncnn1CCC. The molecule has 0 aliphatic rings. The lowest BCUT2D eigenvalue weighted by atomic mass is 10.2. The van der Waals surface area contributed by atoms with Crippen LogP contribution in [0.3, 0.4) is 0 Å². The zero-order chi connectivity index (χ0) is 11.1. The van der Waals surface area contributed by atoms with Crippen LogP contribution in [0.25, 0.3) is 0 Å². The standard InChI is InChI=1S/C11H22N4/c1-4-6-10(3)12-8-11-13-9-14-15(11)7-5-2/h9-10,12H,4-8H2,1-3H3. The van der Waals surface area contributed by atoms with Crippen LogP contribution in [-0.4, -0.2) is 20.8 Å². The lowest BCUT2D eigenvalue weighted by Gasteiger charge is -2.12. The largest absolute Gasteiger partial charge is 0.307 e. The van der Waals surface area contributed by atoms with E-state index in [-0.39, 0.29) is 0 Å². The average molecular weight is 210 g/mol. The minimum atomic E-state index is 0.557. The molecule has 4 nitrogen and oxygen atoms in total. The predicted molar refractivity (Wildman–Crippen MR) is 61.5 cm³/mol. The molecule has 1 atom stereocenters. The molecule has 4 heteroatoms. The summed E-state index contributed by atoms with van der Waals surface area (Å²) in [6.07, 6.45) is 5.16. The maximum Gasteiger partial charge on any atom is 0.140 e. The summed E-state index contributed by atoms with van der Waals surface area (Å²) >= 11 is 0. The zero-order valence-electron chi connectivity index (χ0n) is 10.0. The van der Waals surface area contributed by atoms with Gasteiger partial charge >= 0.3 is 0 Å². The van der Waals surface area contributed by atoms with Crippen LogP contribution in [0.1, 0.15) is 45.9 Å². The summed E-state index contributed by atoms with van der Waals surface area (Å²) in [5.41, 5.74) is 0. The van der Waals surface area contributed by atoms with Crippen LogP contribution in [0.5, 0.6) is 0 Å². The fraction of sp³-hybridized carbons (Fsp3) is 0.818. The van der Waals surface area contributed by atoms with Crippen molar-refractivity contribution < 1.29 is 0 Å². The van der Waals surface area contributed by atoms with Crippen molar-refractivity contribution in [2.45, 2.75) is 59.2 Å². The van der Waals surface area contributed by atoms with Crippen molar-refractivity contribution in [2.75, 3.05) is 0 Å². The van der Waals surface area contributed by atoms with E-state index >= 15 is 0 Å². The first-order valence-electron chi connectivity index (χ1n) is 5.88. The molecule has 1 rings (SSSR count). The van der Waals surface area contributed by atoms with E-state index in [4.69, 9.17) is 0 Å². The summed E-state index contributed by atoms with van der Waals surface area (Å²) in [7, 11) is 0. The van der Waals surface area contributed by atoms with Crippen LogP contribution >= 0.6 is 0 Å². The van der Waals surface area contributed by atoms with E-state index in [1.165, 1.54) is 12.8 Å². The Hall–Kier alpha value is -0.900. The minimum Gasteiger partial charge on any atom is -0.307 e. The average Bonchev–Trinajstić information content (AvgIpc) is 2.64. The van der Waals surface area contributed by atoms with E-state index in [9.17, 15) is 0 Å². The lowest BCUT2D eigenvalue weighted by molar-refractivity contribution is 0.476. The maximum absolute atomic E-state index is 4.26. The number of hydrogen-bond donors (Lipinski definition) is 1. The van der Waals surface area contributed by atoms with E-state index in [1.54, 1.807) is 6.33 Å². The van der Waals surface area contributed by atoms with E-state index in [2.05, 4.69) is 36.2 Å². The highest BCUT2D eigenvalue weighted by Crippen LogP contribution is 1.99. The summed E-state index contributed by atoms with van der Waals surface area (Å²) < 4.78 is 1.98. The third kappa shape index (κ3) is 4.00. The van der Waals surface area contributed by atoms with Gasteiger partial charge in [-0.2, -0.15) is 5.10 Å². The molecule has 1 N–H and O–H groups in total. The molecule has 86 valence electrons. The Morgan fingerprint density at radius 2 is 2.20 bits per heavy atom. The van der Waals surface area contributed by atoms with Crippen molar-refractivity contribution >= 4 is 0 Å². The van der Waals surface area contributed by atoms with Crippen molar-refractivity contribution in [3.8, 4) is 0 Å². The van der Waals surface area contributed by atoms with Crippen molar-refractivity contribution in [1.29, 1.82) is 0 Å². The quantitative estimate of drug-likeness (QED) is 0.748. The molecule has 0 saturated carbocycles. The molecule has 0 saturated heterocycles. The van der Waals surface area contributed by atoms with E-state index in [0.717, 1.165) is 25.3 Å². The third-order valence-corrected chi connectivity index (χ3v) is 2.46. The molecule has 0 radical (unpaired) electrons. The molecule has 0 amide bonds. The minimum absolute atomic E-state index is 0.557. The molecule has 0 bridgehead atoms. The zero-order valence-corrected chi connectivity index (χ0v) is 10.0. The van der Waals surface area contributed by atoms with Gasteiger partial charge in [-0.25, -0.2) is 9.67 Å². The van der Waals surface area contributed by atoms with Crippen LogP contribution in [0, 0.1) is 0 Å². The van der Waals surface area contributed by atoms with Crippen molar-refractivity contribution in [3.63, 3.8) is 0 Å². The maximum atomic E-state index is 4.26. The van der Waals surface area contributed by atoms with Gasteiger partial charge in [-0.1, -0.05) is 20.3 Å². The van der Waals surface area contributed by atoms with Crippen LogP contribution in [-0.2, 0) is 13.1 Å². The Morgan fingerprint density at radius 3 is 2.87 bits per heavy atom. The fourth-order valence-electron chi connectivity index (χ4n) is 1.62. The van der Waals surface area contributed by atoms with Crippen LogP contribution in [0.15, 0.2) is 6.33 Å². The number of aryl methyl sites for hydroxylation is 1. The van der Waals surface area contributed by atoms with Gasteiger partial charge in [0.05, 0.1) is 6.54 Å². The molecule has 1 aromatic rings. The molecule has 1 heterocycles. The van der Waals surface area contributed by atoms with Crippen molar-refractivity contribution in [1.82, 2.24) is 20.1 Å². The summed E-state index contributed by atoms with van der Waals surface area (Å²) in [5.74, 6) is 1.04. The Morgan fingerprint density at radius 1 is 1.40 bits per heavy atom. The molecule has 0 aliphatic carbocycles. The molecule has 0 spiro atoms. The van der Waals surface area contributed by atoms with Gasteiger partial charge in [0.25, 0.3) is 0 Å². The number of aromatic nitrogens is 3. The normalized spacial score (nSPS) is 13.0. The monoisotopic (exact) mass is 210 g/mol. The smallest absolute Gasteiger partial charge is 0.140 e. The van der Waals surface area contributed by atoms with Gasteiger partial charge in [0.1, 0.15) is 12.2 Å². The van der Waals surface area contributed by atoms with Gasteiger partial charge in [-0.15, -0.1) is 0 Å². The Labute approximate surface area is 92.1 Å². The summed E-state index contributed by atoms with van der Waals surface area (Å²) in [6.45, 7) is 8.35. The Balaban J connectivity index is 2.39. The number of nitrogens with one attached hydrogen (secondary N) is 1. The van der Waals surface area contributed by atoms with Gasteiger partial charge in [0.15, 0.2) is 0 Å². The topological polar surface area (TPSA) is 42.7 Å². The first-order chi connectivity index (χ1) is 7.27.